The van der Waals surface area contributed by atoms with E-state index in [9.17, 15) is 4.79 Å². The van der Waals surface area contributed by atoms with E-state index in [0.717, 1.165) is 10.0 Å². The van der Waals surface area contributed by atoms with Crippen molar-refractivity contribution in [2.24, 2.45) is 5.10 Å². The van der Waals surface area contributed by atoms with Crippen molar-refractivity contribution in [3.63, 3.8) is 0 Å². The van der Waals surface area contributed by atoms with Crippen LogP contribution in [-0.2, 0) is 5.41 Å². The number of benzene rings is 1. The van der Waals surface area contributed by atoms with Crippen molar-refractivity contribution >= 4 is 28.1 Å². The second-order valence-corrected chi connectivity index (χ2v) is 7.29. The van der Waals surface area contributed by atoms with Gasteiger partial charge in [-0.05, 0) is 40.5 Å². The number of hydrogen-bond donors (Lipinski definition) is 2. The van der Waals surface area contributed by atoms with Crippen molar-refractivity contribution in [2.75, 3.05) is 19.1 Å². The lowest BCUT2D eigenvalue weighted by molar-refractivity contribution is 0.309. The zero-order chi connectivity index (χ0) is 19.3. The van der Waals surface area contributed by atoms with Crippen LogP contribution in [0.2, 0.25) is 0 Å². The normalized spacial score (nSPS) is 11.6. The van der Waals surface area contributed by atoms with Gasteiger partial charge in [-0.2, -0.15) is 5.10 Å². The molecule has 0 spiro atoms. The van der Waals surface area contributed by atoms with E-state index in [1.54, 1.807) is 19.4 Å². The van der Waals surface area contributed by atoms with E-state index in [-0.39, 0.29) is 16.9 Å². The summed E-state index contributed by atoms with van der Waals surface area (Å²) in [5.41, 5.74) is 3.12. The van der Waals surface area contributed by atoms with Crippen molar-refractivity contribution in [2.45, 2.75) is 33.1 Å². The first-order chi connectivity index (χ1) is 12.3. The van der Waals surface area contributed by atoms with Gasteiger partial charge in [-0.15, -0.1) is 10.2 Å². The second kappa shape index (κ2) is 8.31. The highest BCUT2D eigenvalue weighted by atomic mass is 79.9. The van der Waals surface area contributed by atoms with E-state index in [0.29, 0.717) is 23.8 Å². The van der Waals surface area contributed by atoms with Crippen molar-refractivity contribution in [3.8, 4) is 11.5 Å². The van der Waals surface area contributed by atoms with E-state index < -0.39 is 0 Å². The van der Waals surface area contributed by atoms with Crippen molar-refractivity contribution in [1.29, 1.82) is 0 Å². The van der Waals surface area contributed by atoms with Gasteiger partial charge in [0.2, 0.25) is 5.95 Å². The lowest BCUT2D eigenvalue weighted by Crippen LogP contribution is -2.28. The quantitative estimate of drug-likeness (QED) is 0.546. The van der Waals surface area contributed by atoms with Gasteiger partial charge in [-0.1, -0.05) is 20.8 Å². The molecule has 0 atom stereocenters. The number of methoxy groups -OCH3 is 1. The minimum atomic E-state index is -0.381. The highest BCUT2D eigenvalue weighted by molar-refractivity contribution is 9.10. The number of H-pyrrole nitrogens is 1. The van der Waals surface area contributed by atoms with E-state index in [4.69, 9.17) is 9.47 Å². The van der Waals surface area contributed by atoms with Crippen LogP contribution in [0.5, 0.6) is 11.5 Å². The van der Waals surface area contributed by atoms with Gasteiger partial charge < -0.3 is 9.47 Å². The van der Waals surface area contributed by atoms with Crippen LogP contribution in [0.4, 0.5) is 5.95 Å². The molecule has 8 nitrogen and oxygen atoms in total. The summed E-state index contributed by atoms with van der Waals surface area (Å²) in [5.74, 6) is 1.38. The molecule has 0 radical (unpaired) electrons. The van der Waals surface area contributed by atoms with Crippen LogP contribution in [0.3, 0.4) is 0 Å². The molecule has 0 saturated heterocycles. The van der Waals surface area contributed by atoms with Crippen LogP contribution in [-0.4, -0.2) is 35.1 Å². The summed E-state index contributed by atoms with van der Waals surface area (Å²) in [6.45, 7) is 8.12. The van der Waals surface area contributed by atoms with E-state index in [1.807, 2.05) is 33.8 Å². The summed E-state index contributed by atoms with van der Waals surface area (Å²) in [4.78, 5) is 14.7. The molecule has 1 aromatic heterocycles. The third kappa shape index (κ3) is 4.81. The molecule has 1 heterocycles. The summed E-state index contributed by atoms with van der Waals surface area (Å²) in [6.07, 6.45) is 1.57. The number of rotatable bonds is 6. The van der Waals surface area contributed by atoms with Gasteiger partial charge in [0.15, 0.2) is 11.5 Å². The highest BCUT2D eigenvalue weighted by Crippen LogP contribution is 2.36. The highest BCUT2D eigenvalue weighted by Gasteiger charge is 2.20. The summed E-state index contributed by atoms with van der Waals surface area (Å²) in [5, 5.41) is 12.0. The Hall–Kier alpha value is -2.42. The number of nitrogens with zero attached hydrogens (tertiary/aromatic N) is 3. The molecule has 0 saturated carbocycles. The van der Waals surface area contributed by atoms with Crippen LogP contribution in [0.25, 0.3) is 0 Å². The Kier molecular flexibility index (Phi) is 6.36. The zero-order valence-electron chi connectivity index (χ0n) is 15.4. The van der Waals surface area contributed by atoms with Crippen LogP contribution in [0, 0.1) is 0 Å². The average Bonchev–Trinajstić information content (AvgIpc) is 2.56. The third-order valence-corrected chi connectivity index (χ3v) is 3.92. The fourth-order valence-electron chi connectivity index (χ4n) is 2.14. The third-order valence-electron chi connectivity index (χ3n) is 3.33. The lowest BCUT2D eigenvalue weighted by atomic mass is 9.93. The lowest BCUT2D eigenvalue weighted by Gasteiger charge is -2.15. The Morgan fingerprint density at radius 1 is 1.35 bits per heavy atom. The van der Waals surface area contributed by atoms with Crippen molar-refractivity contribution < 1.29 is 9.47 Å². The van der Waals surface area contributed by atoms with E-state index >= 15 is 0 Å². The molecule has 9 heteroatoms. The Morgan fingerprint density at radius 3 is 2.65 bits per heavy atom. The Morgan fingerprint density at radius 2 is 2.08 bits per heavy atom. The summed E-state index contributed by atoms with van der Waals surface area (Å²) in [6, 6.07) is 3.63. The summed E-state index contributed by atoms with van der Waals surface area (Å²) < 4.78 is 11.6. The fourth-order valence-corrected chi connectivity index (χ4v) is 2.72. The summed E-state index contributed by atoms with van der Waals surface area (Å²) >= 11 is 3.46. The number of hydrogen-bond acceptors (Lipinski definition) is 7. The molecule has 140 valence electrons. The number of nitrogens with one attached hydrogen (secondary N) is 2. The van der Waals surface area contributed by atoms with Gasteiger partial charge in [-0.3, -0.25) is 9.78 Å². The number of ether oxygens (including phenoxy) is 2. The Labute approximate surface area is 160 Å². The molecule has 0 amide bonds. The van der Waals surface area contributed by atoms with Gasteiger partial charge in [0.05, 0.1) is 24.4 Å². The van der Waals surface area contributed by atoms with Gasteiger partial charge in [0.1, 0.15) is 5.69 Å². The number of hydrazone groups is 1. The summed E-state index contributed by atoms with van der Waals surface area (Å²) in [7, 11) is 1.57. The maximum absolute atomic E-state index is 12.1. The monoisotopic (exact) mass is 423 g/mol. The topological polar surface area (TPSA) is 101 Å². The molecule has 2 N–H and O–H groups in total. The number of halogens is 1. The first-order valence-electron chi connectivity index (χ1n) is 8.03. The molecule has 2 rings (SSSR count). The van der Waals surface area contributed by atoms with Gasteiger partial charge in [0, 0.05) is 5.41 Å². The molecular weight excluding hydrogens is 402 g/mol. The molecule has 0 fully saturated rings. The molecule has 2 aromatic rings. The van der Waals surface area contributed by atoms with Crippen molar-refractivity contribution in [3.05, 3.63) is 38.2 Å². The van der Waals surface area contributed by atoms with Crippen LogP contribution < -0.4 is 20.5 Å². The van der Waals surface area contributed by atoms with Crippen LogP contribution >= 0.6 is 15.9 Å². The molecule has 0 unspecified atom stereocenters. The van der Waals surface area contributed by atoms with E-state index in [2.05, 4.69) is 41.6 Å². The van der Waals surface area contributed by atoms with Gasteiger partial charge >= 0.3 is 0 Å². The van der Waals surface area contributed by atoms with Crippen LogP contribution in [0.1, 0.15) is 39.0 Å². The first-order valence-corrected chi connectivity index (χ1v) is 8.82. The number of aromatic amines is 1. The molecule has 1 aromatic carbocycles. The number of anilines is 1. The number of aromatic nitrogens is 3. The molecule has 26 heavy (non-hydrogen) atoms. The Balaban J connectivity index is 2.17. The minimum absolute atomic E-state index is 0.163. The zero-order valence-corrected chi connectivity index (χ0v) is 17.0. The predicted molar refractivity (Wildman–Crippen MR) is 104 cm³/mol. The smallest absolute Gasteiger partial charge is 0.274 e. The standard InChI is InChI=1S/C17H22BrN5O3/c1-6-26-13-11(18)7-10(8-12(13)25-5)9-19-22-16-20-15(24)14(21-23-16)17(2,3)4/h7-9H,6H2,1-5H3,(H2,20,22,23,24)/b19-9+. The largest absolute Gasteiger partial charge is 0.493 e. The van der Waals surface area contributed by atoms with Gasteiger partial charge in [-0.25, -0.2) is 5.43 Å². The fraction of sp³-hybridized carbons (Fsp3) is 0.412. The second-order valence-electron chi connectivity index (χ2n) is 6.44. The predicted octanol–water partition coefficient (Wildman–Crippen LogP) is 3.08. The van der Waals surface area contributed by atoms with Gasteiger partial charge in [0.25, 0.3) is 5.56 Å². The SMILES string of the molecule is CCOc1c(Br)cc(/C=N/Nc2nnc(C(C)(C)C)c(=O)[nH]2)cc1OC. The van der Waals surface area contributed by atoms with E-state index in [1.165, 1.54) is 0 Å². The molecule has 0 aliphatic carbocycles. The van der Waals surface area contributed by atoms with Crippen molar-refractivity contribution in [1.82, 2.24) is 15.2 Å². The molecule has 0 aliphatic rings. The first kappa shape index (κ1) is 19.9. The molecule has 0 bridgehead atoms. The average molecular weight is 424 g/mol. The molecular formula is C17H22BrN5O3. The molecule has 0 aliphatic heterocycles. The maximum atomic E-state index is 12.1. The maximum Gasteiger partial charge on any atom is 0.274 e. The Bertz CT molecular complexity index is 858. The van der Waals surface area contributed by atoms with Crippen LogP contribution in [0.15, 0.2) is 26.5 Å². The minimum Gasteiger partial charge on any atom is -0.493 e.